The van der Waals surface area contributed by atoms with Crippen LogP contribution in [-0.4, -0.2) is 31.8 Å². The molecule has 0 bridgehead atoms. The maximum Gasteiger partial charge on any atom is 0.347 e. The molecule has 0 aliphatic rings. The van der Waals surface area contributed by atoms with Gasteiger partial charge in [0.25, 0.3) is 0 Å². The Balaban J connectivity index is 1.80. The summed E-state index contributed by atoms with van der Waals surface area (Å²) in [5.41, 5.74) is 0.264. The molecule has 0 aliphatic carbocycles. The molecule has 8 nitrogen and oxygen atoms in total. The molecule has 0 saturated carbocycles. The largest absolute Gasteiger partial charge is 0.479 e. The first-order valence-corrected chi connectivity index (χ1v) is 9.18. The third kappa shape index (κ3) is 4.60. The van der Waals surface area contributed by atoms with E-state index in [-0.39, 0.29) is 28.8 Å². The summed E-state index contributed by atoms with van der Waals surface area (Å²) in [6.45, 7) is 3.54. The maximum absolute atomic E-state index is 12.7. The van der Waals surface area contributed by atoms with Gasteiger partial charge in [0.05, 0.1) is 24.7 Å². The Kier molecular flexibility index (Phi) is 6.36. The van der Waals surface area contributed by atoms with Gasteiger partial charge in [-0.1, -0.05) is 0 Å². The fraction of sp³-hybridized carbons (Fsp3) is 0.227. The van der Waals surface area contributed by atoms with Crippen molar-refractivity contribution in [1.82, 2.24) is 0 Å². The van der Waals surface area contributed by atoms with Gasteiger partial charge in [-0.15, -0.1) is 0 Å². The minimum absolute atomic E-state index is 0.0121. The standard InChI is InChI=1S/C22H20O8/c1-4-27-21(24)13(2)29-16-9-10-17-18(11-16)28-12-19(20(17)23)30-15-7-5-14(6-8-15)22(25)26-3/h5-13H,4H2,1-3H3. The van der Waals surface area contributed by atoms with Crippen LogP contribution in [0.1, 0.15) is 24.2 Å². The van der Waals surface area contributed by atoms with E-state index in [0.29, 0.717) is 17.1 Å². The van der Waals surface area contributed by atoms with Crippen LogP contribution in [0.2, 0.25) is 0 Å². The second-order valence-electron chi connectivity index (χ2n) is 6.22. The van der Waals surface area contributed by atoms with Crippen LogP contribution < -0.4 is 14.9 Å². The number of esters is 2. The van der Waals surface area contributed by atoms with E-state index >= 15 is 0 Å². The Hall–Kier alpha value is -3.81. The smallest absolute Gasteiger partial charge is 0.347 e. The first-order valence-electron chi connectivity index (χ1n) is 9.18. The first kappa shape index (κ1) is 20.9. The lowest BCUT2D eigenvalue weighted by Crippen LogP contribution is -2.26. The van der Waals surface area contributed by atoms with Crippen molar-refractivity contribution in [3.8, 4) is 17.2 Å². The van der Waals surface area contributed by atoms with Crippen molar-refractivity contribution in [1.29, 1.82) is 0 Å². The van der Waals surface area contributed by atoms with Gasteiger partial charge in [0, 0.05) is 6.07 Å². The summed E-state index contributed by atoms with van der Waals surface area (Å²) < 4.78 is 26.2. The van der Waals surface area contributed by atoms with Gasteiger partial charge >= 0.3 is 11.9 Å². The van der Waals surface area contributed by atoms with E-state index in [0.717, 1.165) is 0 Å². The highest BCUT2D eigenvalue weighted by atomic mass is 16.6. The molecule has 3 rings (SSSR count). The van der Waals surface area contributed by atoms with E-state index in [9.17, 15) is 14.4 Å². The second kappa shape index (κ2) is 9.13. The monoisotopic (exact) mass is 412 g/mol. The molecule has 3 aromatic rings. The van der Waals surface area contributed by atoms with Crippen LogP contribution in [0, 0.1) is 0 Å². The molecule has 0 radical (unpaired) electrons. The van der Waals surface area contributed by atoms with Crippen LogP contribution >= 0.6 is 0 Å². The molecule has 1 heterocycles. The summed E-state index contributed by atoms with van der Waals surface area (Å²) in [5.74, 6) is -0.249. The molecule has 0 saturated heterocycles. The third-order valence-corrected chi connectivity index (χ3v) is 4.15. The number of rotatable bonds is 7. The number of fused-ring (bicyclic) bond motifs is 1. The lowest BCUT2D eigenvalue weighted by atomic mass is 10.2. The Morgan fingerprint density at radius 3 is 2.43 bits per heavy atom. The van der Waals surface area contributed by atoms with Gasteiger partial charge in [0.15, 0.2) is 6.10 Å². The van der Waals surface area contributed by atoms with E-state index in [1.165, 1.54) is 37.6 Å². The van der Waals surface area contributed by atoms with Gasteiger partial charge in [-0.3, -0.25) is 4.79 Å². The number of carbonyl (C=O) groups excluding carboxylic acids is 2. The van der Waals surface area contributed by atoms with Gasteiger partial charge in [-0.25, -0.2) is 9.59 Å². The highest BCUT2D eigenvalue weighted by Crippen LogP contribution is 2.25. The highest BCUT2D eigenvalue weighted by Gasteiger charge is 2.17. The summed E-state index contributed by atoms with van der Waals surface area (Å²) in [6, 6.07) is 10.7. The van der Waals surface area contributed by atoms with Crippen molar-refractivity contribution in [2.45, 2.75) is 20.0 Å². The lowest BCUT2D eigenvalue weighted by molar-refractivity contribution is -0.150. The van der Waals surface area contributed by atoms with E-state index < -0.39 is 18.0 Å². The van der Waals surface area contributed by atoms with Gasteiger partial charge in [-0.2, -0.15) is 0 Å². The molecule has 30 heavy (non-hydrogen) atoms. The van der Waals surface area contributed by atoms with Crippen LogP contribution in [0.4, 0.5) is 0 Å². The summed E-state index contributed by atoms with van der Waals surface area (Å²) in [6.07, 6.45) is 0.391. The molecule has 156 valence electrons. The lowest BCUT2D eigenvalue weighted by Gasteiger charge is -2.13. The molecule has 1 unspecified atom stereocenters. The van der Waals surface area contributed by atoms with E-state index in [4.69, 9.17) is 18.6 Å². The van der Waals surface area contributed by atoms with Crippen molar-refractivity contribution in [3.63, 3.8) is 0 Å². The van der Waals surface area contributed by atoms with Crippen LogP contribution in [0.25, 0.3) is 11.0 Å². The fourth-order valence-corrected chi connectivity index (χ4v) is 2.65. The molecular weight excluding hydrogens is 392 g/mol. The molecule has 0 N–H and O–H groups in total. The molecule has 8 heteroatoms. The van der Waals surface area contributed by atoms with Crippen LogP contribution in [0.15, 0.2) is 57.9 Å². The average Bonchev–Trinajstić information content (AvgIpc) is 2.75. The van der Waals surface area contributed by atoms with Gasteiger partial charge < -0.3 is 23.4 Å². The van der Waals surface area contributed by atoms with Crippen molar-refractivity contribution in [2.75, 3.05) is 13.7 Å². The van der Waals surface area contributed by atoms with E-state index in [2.05, 4.69) is 4.74 Å². The van der Waals surface area contributed by atoms with Crippen LogP contribution in [0.5, 0.6) is 17.2 Å². The maximum atomic E-state index is 12.7. The average molecular weight is 412 g/mol. The Bertz CT molecular complexity index is 1110. The van der Waals surface area contributed by atoms with Crippen molar-refractivity contribution < 1.29 is 33.0 Å². The molecule has 0 aliphatic heterocycles. The van der Waals surface area contributed by atoms with Gasteiger partial charge in [0.2, 0.25) is 11.2 Å². The zero-order valence-corrected chi connectivity index (χ0v) is 16.7. The predicted octanol–water partition coefficient (Wildman–Crippen LogP) is 3.70. The second-order valence-corrected chi connectivity index (χ2v) is 6.22. The quantitative estimate of drug-likeness (QED) is 0.542. The highest BCUT2D eigenvalue weighted by molar-refractivity contribution is 5.89. The Morgan fingerprint density at radius 2 is 1.77 bits per heavy atom. The summed E-state index contributed by atoms with van der Waals surface area (Å²) in [5, 5.41) is 0.287. The number of methoxy groups -OCH3 is 1. The zero-order chi connectivity index (χ0) is 21.7. The molecule has 2 aromatic carbocycles. The number of hydrogen-bond donors (Lipinski definition) is 0. The Morgan fingerprint density at radius 1 is 1.07 bits per heavy atom. The normalized spacial score (nSPS) is 11.6. The van der Waals surface area contributed by atoms with E-state index in [1.54, 1.807) is 32.0 Å². The van der Waals surface area contributed by atoms with Crippen molar-refractivity contribution in [3.05, 3.63) is 64.5 Å². The molecule has 1 atom stereocenters. The molecular formula is C22H20O8. The predicted molar refractivity (Wildman–Crippen MR) is 107 cm³/mol. The number of benzene rings is 2. The van der Waals surface area contributed by atoms with Gasteiger partial charge in [0.1, 0.15) is 23.3 Å². The SMILES string of the molecule is CCOC(=O)C(C)Oc1ccc2c(=O)c(Oc3ccc(C(=O)OC)cc3)coc2c1. The molecule has 0 fully saturated rings. The minimum Gasteiger partial charge on any atom is -0.479 e. The summed E-state index contributed by atoms with van der Waals surface area (Å²) in [7, 11) is 1.29. The van der Waals surface area contributed by atoms with Crippen molar-refractivity contribution >= 4 is 22.9 Å². The van der Waals surface area contributed by atoms with E-state index in [1.807, 2.05) is 0 Å². The minimum atomic E-state index is -0.801. The summed E-state index contributed by atoms with van der Waals surface area (Å²) >= 11 is 0. The Labute approximate surface area is 171 Å². The number of carbonyl (C=O) groups is 2. The number of hydrogen-bond acceptors (Lipinski definition) is 8. The molecule has 0 spiro atoms. The van der Waals surface area contributed by atoms with Crippen molar-refractivity contribution in [2.24, 2.45) is 0 Å². The number of ether oxygens (including phenoxy) is 4. The summed E-state index contributed by atoms with van der Waals surface area (Å²) in [4.78, 5) is 35.9. The molecule has 0 amide bonds. The third-order valence-electron chi connectivity index (χ3n) is 4.15. The topological polar surface area (TPSA) is 101 Å². The van der Waals surface area contributed by atoms with Crippen LogP contribution in [0.3, 0.4) is 0 Å². The van der Waals surface area contributed by atoms with Gasteiger partial charge in [-0.05, 0) is 50.2 Å². The first-order chi connectivity index (χ1) is 14.4. The zero-order valence-electron chi connectivity index (χ0n) is 16.7. The fourth-order valence-electron chi connectivity index (χ4n) is 2.65. The van der Waals surface area contributed by atoms with Crippen LogP contribution in [-0.2, 0) is 14.3 Å². The molecule has 1 aromatic heterocycles.